The summed E-state index contributed by atoms with van der Waals surface area (Å²) in [6.07, 6.45) is 1.73. The molecule has 1 amide bonds. The number of nitrogens with two attached hydrogens (primary N) is 1. The molecule has 2 aromatic rings. The minimum Gasteiger partial charge on any atom is -0.368 e. The Morgan fingerprint density at radius 1 is 1.04 bits per heavy atom. The average Bonchev–Trinajstić information content (AvgIpc) is 2.63. The summed E-state index contributed by atoms with van der Waals surface area (Å²) < 4.78 is 0. The van der Waals surface area contributed by atoms with E-state index in [0.717, 1.165) is 12.0 Å². The Morgan fingerprint density at radius 3 is 2.29 bits per heavy atom. The minimum absolute atomic E-state index is 0.101. The van der Waals surface area contributed by atoms with E-state index in [1.165, 1.54) is 0 Å². The molecule has 24 heavy (non-hydrogen) atoms. The number of carbonyl (C=O) groups is 2. The third-order valence-corrected chi connectivity index (χ3v) is 4.91. The molecule has 0 radical (unpaired) electrons. The van der Waals surface area contributed by atoms with E-state index in [1.807, 2.05) is 60.7 Å². The zero-order valence-electron chi connectivity index (χ0n) is 13.6. The topological polar surface area (TPSA) is 72.2 Å². The van der Waals surface area contributed by atoms with Gasteiger partial charge in [-0.2, -0.15) is 0 Å². The van der Waals surface area contributed by atoms with Gasteiger partial charge in [-0.05, 0) is 24.9 Å². The Balaban J connectivity index is 1.94. The standard InChI is InChI=1S/C20H22N2O2/c21-19(24)17-13-20(11-12-22-17,16-9-5-2-6-10-16)14-18(23)15-7-3-1-4-8-15/h1-10,17,22H,11-14H2,(H2,21,24). The van der Waals surface area contributed by atoms with E-state index in [4.69, 9.17) is 5.73 Å². The molecular formula is C20H22N2O2. The summed E-state index contributed by atoms with van der Waals surface area (Å²) in [6, 6.07) is 18.9. The highest BCUT2D eigenvalue weighted by atomic mass is 16.1. The smallest absolute Gasteiger partial charge is 0.234 e. The molecule has 0 aromatic heterocycles. The lowest BCUT2D eigenvalue weighted by Gasteiger charge is -2.41. The number of piperidine rings is 1. The molecule has 1 aliphatic rings. The molecule has 0 spiro atoms. The predicted octanol–water partition coefficient (Wildman–Crippen LogP) is 2.43. The highest BCUT2D eigenvalue weighted by molar-refractivity contribution is 5.97. The van der Waals surface area contributed by atoms with Gasteiger partial charge in [-0.25, -0.2) is 0 Å². The van der Waals surface area contributed by atoms with Crippen molar-refractivity contribution in [2.75, 3.05) is 6.54 Å². The van der Waals surface area contributed by atoms with Crippen molar-refractivity contribution < 1.29 is 9.59 Å². The summed E-state index contributed by atoms with van der Waals surface area (Å²) in [5, 5.41) is 3.17. The first-order chi connectivity index (χ1) is 11.6. The van der Waals surface area contributed by atoms with Crippen LogP contribution in [0.4, 0.5) is 0 Å². The third kappa shape index (κ3) is 3.39. The molecule has 4 nitrogen and oxygen atoms in total. The zero-order valence-corrected chi connectivity index (χ0v) is 13.6. The lowest BCUT2D eigenvalue weighted by Crippen LogP contribution is -2.52. The van der Waals surface area contributed by atoms with Crippen LogP contribution in [0.1, 0.15) is 35.2 Å². The van der Waals surface area contributed by atoms with Gasteiger partial charge in [-0.15, -0.1) is 0 Å². The van der Waals surface area contributed by atoms with Crippen molar-refractivity contribution in [3.8, 4) is 0 Å². The molecule has 1 aliphatic heterocycles. The first-order valence-electron chi connectivity index (χ1n) is 8.27. The highest BCUT2D eigenvalue weighted by Gasteiger charge is 2.41. The molecule has 3 rings (SSSR count). The van der Waals surface area contributed by atoms with Crippen LogP contribution in [0.2, 0.25) is 0 Å². The number of benzene rings is 2. The second-order valence-electron chi connectivity index (χ2n) is 6.48. The van der Waals surface area contributed by atoms with E-state index in [0.29, 0.717) is 24.9 Å². The molecule has 1 heterocycles. The Kier molecular flexibility index (Phi) is 4.76. The fourth-order valence-corrected chi connectivity index (χ4v) is 3.60. The molecule has 3 N–H and O–H groups in total. The van der Waals surface area contributed by atoms with Crippen LogP contribution in [0.5, 0.6) is 0 Å². The lowest BCUT2D eigenvalue weighted by molar-refractivity contribution is -0.121. The maximum absolute atomic E-state index is 12.8. The summed E-state index contributed by atoms with van der Waals surface area (Å²) in [7, 11) is 0. The summed E-state index contributed by atoms with van der Waals surface area (Å²) in [6.45, 7) is 0.671. The summed E-state index contributed by atoms with van der Waals surface area (Å²) in [5.74, 6) is -0.258. The number of nitrogens with one attached hydrogen (secondary N) is 1. The highest BCUT2D eigenvalue weighted by Crippen LogP contribution is 2.39. The predicted molar refractivity (Wildman–Crippen MR) is 93.7 cm³/mol. The molecule has 1 fully saturated rings. The maximum atomic E-state index is 12.8. The number of carbonyl (C=O) groups excluding carboxylic acids is 2. The summed E-state index contributed by atoms with van der Waals surface area (Å²) >= 11 is 0. The monoisotopic (exact) mass is 322 g/mol. The van der Waals surface area contributed by atoms with Crippen molar-refractivity contribution in [3.63, 3.8) is 0 Å². The quantitative estimate of drug-likeness (QED) is 0.831. The molecule has 0 saturated carbocycles. The van der Waals surface area contributed by atoms with Gasteiger partial charge in [0.1, 0.15) is 0 Å². The zero-order chi connectivity index (χ0) is 17.0. The lowest BCUT2D eigenvalue weighted by atomic mass is 9.67. The van der Waals surface area contributed by atoms with E-state index < -0.39 is 6.04 Å². The van der Waals surface area contributed by atoms with Crippen molar-refractivity contribution in [2.45, 2.75) is 30.7 Å². The van der Waals surface area contributed by atoms with Gasteiger partial charge in [0.2, 0.25) is 5.91 Å². The van der Waals surface area contributed by atoms with Gasteiger partial charge in [-0.3, -0.25) is 9.59 Å². The van der Waals surface area contributed by atoms with Crippen LogP contribution in [0.25, 0.3) is 0 Å². The number of amides is 1. The van der Waals surface area contributed by atoms with Crippen LogP contribution >= 0.6 is 0 Å². The first-order valence-corrected chi connectivity index (χ1v) is 8.27. The molecule has 1 saturated heterocycles. The van der Waals surface area contributed by atoms with Gasteiger partial charge < -0.3 is 11.1 Å². The van der Waals surface area contributed by atoms with Crippen molar-refractivity contribution in [1.82, 2.24) is 5.32 Å². The van der Waals surface area contributed by atoms with Gasteiger partial charge in [0.15, 0.2) is 5.78 Å². The molecule has 124 valence electrons. The third-order valence-electron chi connectivity index (χ3n) is 4.91. The van der Waals surface area contributed by atoms with Crippen molar-refractivity contribution >= 4 is 11.7 Å². The van der Waals surface area contributed by atoms with Gasteiger partial charge in [0.05, 0.1) is 6.04 Å². The summed E-state index contributed by atoms with van der Waals surface area (Å²) in [4.78, 5) is 24.5. The van der Waals surface area contributed by atoms with Crippen molar-refractivity contribution in [2.24, 2.45) is 5.73 Å². The van der Waals surface area contributed by atoms with Crippen LogP contribution in [0.3, 0.4) is 0 Å². The van der Waals surface area contributed by atoms with Crippen LogP contribution in [0.15, 0.2) is 60.7 Å². The van der Waals surface area contributed by atoms with E-state index in [-0.39, 0.29) is 17.1 Å². The van der Waals surface area contributed by atoms with Gasteiger partial charge in [0, 0.05) is 17.4 Å². The number of hydrogen-bond donors (Lipinski definition) is 2. The van der Waals surface area contributed by atoms with Crippen LogP contribution in [0, 0.1) is 0 Å². The second-order valence-corrected chi connectivity index (χ2v) is 6.48. The molecule has 4 heteroatoms. The molecule has 2 atom stereocenters. The van der Waals surface area contributed by atoms with Crippen molar-refractivity contribution in [1.29, 1.82) is 0 Å². The Hall–Kier alpha value is -2.46. The molecule has 2 unspecified atom stereocenters. The van der Waals surface area contributed by atoms with E-state index >= 15 is 0 Å². The number of rotatable bonds is 5. The SMILES string of the molecule is NC(=O)C1CC(CC(=O)c2ccccc2)(c2ccccc2)CCN1. The van der Waals surface area contributed by atoms with Crippen LogP contribution in [-0.2, 0) is 10.2 Å². The average molecular weight is 322 g/mol. The van der Waals surface area contributed by atoms with E-state index in [9.17, 15) is 9.59 Å². The van der Waals surface area contributed by atoms with Crippen LogP contribution < -0.4 is 11.1 Å². The molecule has 2 aromatic carbocycles. The first kappa shape index (κ1) is 16.4. The molecular weight excluding hydrogens is 300 g/mol. The molecule has 0 aliphatic carbocycles. The number of primary amides is 1. The Morgan fingerprint density at radius 2 is 1.67 bits per heavy atom. The second kappa shape index (κ2) is 6.97. The number of Topliss-reactive ketones (excluding diaryl/α,β-unsaturated/α-hetero) is 1. The van der Waals surface area contributed by atoms with Crippen molar-refractivity contribution in [3.05, 3.63) is 71.8 Å². The van der Waals surface area contributed by atoms with Gasteiger partial charge in [0.25, 0.3) is 0 Å². The van der Waals surface area contributed by atoms with Gasteiger partial charge >= 0.3 is 0 Å². The normalized spacial score (nSPS) is 23.6. The summed E-state index contributed by atoms with van der Waals surface area (Å²) in [5.41, 5.74) is 6.97. The van der Waals surface area contributed by atoms with Gasteiger partial charge in [-0.1, -0.05) is 60.7 Å². The Labute approximate surface area is 142 Å². The molecule has 0 bridgehead atoms. The van der Waals surface area contributed by atoms with Crippen LogP contribution in [-0.4, -0.2) is 24.3 Å². The minimum atomic E-state index is -0.400. The number of hydrogen-bond acceptors (Lipinski definition) is 3. The number of ketones is 1. The van der Waals surface area contributed by atoms with E-state index in [1.54, 1.807) is 0 Å². The fraction of sp³-hybridized carbons (Fsp3) is 0.300. The maximum Gasteiger partial charge on any atom is 0.234 e. The Bertz CT molecular complexity index is 715. The fourth-order valence-electron chi connectivity index (χ4n) is 3.60. The van der Waals surface area contributed by atoms with E-state index in [2.05, 4.69) is 5.32 Å². The largest absolute Gasteiger partial charge is 0.368 e.